The van der Waals surface area contributed by atoms with Gasteiger partial charge in [0.2, 0.25) is 0 Å². The van der Waals surface area contributed by atoms with E-state index in [0.29, 0.717) is 6.42 Å². The third-order valence-electron chi connectivity index (χ3n) is 2.87. The largest absolute Gasteiger partial charge is 0.469 e. The van der Waals surface area contributed by atoms with E-state index in [4.69, 9.17) is 0 Å². The van der Waals surface area contributed by atoms with Gasteiger partial charge in [0.25, 0.3) is 0 Å². The molecule has 0 fully saturated rings. The van der Waals surface area contributed by atoms with Crippen LogP contribution in [0.2, 0.25) is 0 Å². The van der Waals surface area contributed by atoms with Gasteiger partial charge in [0.1, 0.15) is 0 Å². The fraction of sp³-hybridized carbons (Fsp3) is 0.929. The van der Waals surface area contributed by atoms with Gasteiger partial charge >= 0.3 is 5.97 Å². The number of esters is 1. The van der Waals surface area contributed by atoms with E-state index in [9.17, 15) is 4.79 Å². The number of methoxy groups -OCH3 is 1. The number of unbranched alkanes of at least 4 members (excludes halogenated alkanes) is 4. The molecular weight excluding hydrogens is 214 g/mol. The first-order valence-electron chi connectivity index (χ1n) is 6.94. The van der Waals surface area contributed by atoms with Gasteiger partial charge in [0, 0.05) is 6.54 Å². The first-order valence-corrected chi connectivity index (χ1v) is 6.94. The van der Waals surface area contributed by atoms with E-state index in [0.717, 1.165) is 19.0 Å². The molecule has 0 rings (SSSR count). The Labute approximate surface area is 106 Å². The van der Waals surface area contributed by atoms with Crippen molar-refractivity contribution in [2.45, 2.75) is 58.8 Å². The quantitative estimate of drug-likeness (QED) is 0.447. The standard InChI is InChI=1S/C14H29NO2/c1-13(2)9-7-5-4-6-8-11-15-12-10-14(16)17-3/h13,15H,4-12H2,1-3H3. The third kappa shape index (κ3) is 13.4. The molecule has 1 N–H and O–H groups in total. The summed E-state index contributed by atoms with van der Waals surface area (Å²) in [4.78, 5) is 10.8. The Bertz CT molecular complexity index is 181. The molecule has 17 heavy (non-hydrogen) atoms. The van der Waals surface area contributed by atoms with E-state index >= 15 is 0 Å². The van der Waals surface area contributed by atoms with Crippen LogP contribution in [0.5, 0.6) is 0 Å². The predicted molar refractivity (Wildman–Crippen MR) is 72.0 cm³/mol. The molecule has 3 heteroatoms. The van der Waals surface area contributed by atoms with Crippen molar-refractivity contribution in [2.75, 3.05) is 20.2 Å². The molecule has 3 nitrogen and oxygen atoms in total. The molecule has 0 radical (unpaired) electrons. The molecular formula is C14H29NO2. The van der Waals surface area contributed by atoms with Crippen LogP contribution >= 0.6 is 0 Å². The topological polar surface area (TPSA) is 38.3 Å². The number of hydrogen-bond acceptors (Lipinski definition) is 3. The molecule has 0 spiro atoms. The second-order valence-corrected chi connectivity index (χ2v) is 5.03. The number of hydrogen-bond donors (Lipinski definition) is 1. The molecule has 0 heterocycles. The SMILES string of the molecule is COC(=O)CCNCCCCCCCC(C)C. The lowest BCUT2D eigenvalue weighted by Crippen LogP contribution is -2.19. The maximum atomic E-state index is 10.8. The highest BCUT2D eigenvalue weighted by molar-refractivity contribution is 5.69. The van der Waals surface area contributed by atoms with Gasteiger partial charge in [0.15, 0.2) is 0 Å². The zero-order valence-corrected chi connectivity index (χ0v) is 11.8. The highest BCUT2D eigenvalue weighted by Crippen LogP contribution is 2.10. The van der Waals surface area contributed by atoms with Crippen LogP contribution in [0.1, 0.15) is 58.8 Å². The van der Waals surface area contributed by atoms with E-state index in [2.05, 4.69) is 23.9 Å². The van der Waals surface area contributed by atoms with Crippen molar-refractivity contribution in [1.29, 1.82) is 0 Å². The Morgan fingerprint density at radius 3 is 2.35 bits per heavy atom. The Morgan fingerprint density at radius 1 is 1.06 bits per heavy atom. The summed E-state index contributed by atoms with van der Waals surface area (Å²) in [6, 6.07) is 0. The Kier molecular flexibility index (Phi) is 11.5. The van der Waals surface area contributed by atoms with Crippen molar-refractivity contribution in [2.24, 2.45) is 5.92 Å². The lowest BCUT2D eigenvalue weighted by Gasteiger charge is -2.05. The molecule has 0 saturated carbocycles. The highest BCUT2D eigenvalue weighted by Gasteiger charge is 1.98. The molecule has 0 aromatic carbocycles. The second-order valence-electron chi connectivity index (χ2n) is 5.03. The van der Waals surface area contributed by atoms with Crippen LogP contribution in [0.15, 0.2) is 0 Å². The van der Waals surface area contributed by atoms with E-state index in [1.807, 2.05) is 0 Å². The minimum Gasteiger partial charge on any atom is -0.469 e. The predicted octanol–water partition coefficient (Wildman–Crippen LogP) is 3.14. The van der Waals surface area contributed by atoms with Gasteiger partial charge in [-0.3, -0.25) is 4.79 Å². The summed E-state index contributed by atoms with van der Waals surface area (Å²) in [5.41, 5.74) is 0. The summed E-state index contributed by atoms with van der Waals surface area (Å²) >= 11 is 0. The molecule has 102 valence electrons. The summed E-state index contributed by atoms with van der Waals surface area (Å²) in [6.07, 6.45) is 8.41. The smallest absolute Gasteiger partial charge is 0.306 e. The van der Waals surface area contributed by atoms with Gasteiger partial charge in [0.05, 0.1) is 13.5 Å². The van der Waals surface area contributed by atoms with Crippen molar-refractivity contribution in [3.63, 3.8) is 0 Å². The number of nitrogens with one attached hydrogen (secondary N) is 1. The average Bonchev–Trinajstić information content (AvgIpc) is 2.30. The number of carbonyl (C=O) groups excluding carboxylic acids is 1. The summed E-state index contributed by atoms with van der Waals surface area (Å²) in [6.45, 7) is 6.32. The van der Waals surface area contributed by atoms with Crippen LogP contribution < -0.4 is 5.32 Å². The van der Waals surface area contributed by atoms with Gasteiger partial charge < -0.3 is 10.1 Å². The Morgan fingerprint density at radius 2 is 1.71 bits per heavy atom. The van der Waals surface area contributed by atoms with Crippen LogP contribution in [-0.2, 0) is 9.53 Å². The highest BCUT2D eigenvalue weighted by atomic mass is 16.5. The van der Waals surface area contributed by atoms with Crippen molar-refractivity contribution >= 4 is 5.97 Å². The molecule has 0 aliphatic carbocycles. The van der Waals surface area contributed by atoms with Gasteiger partial charge in [-0.15, -0.1) is 0 Å². The molecule has 0 aromatic rings. The monoisotopic (exact) mass is 243 g/mol. The molecule has 0 unspecified atom stereocenters. The molecule has 0 bridgehead atoms. The zero-order valence-electron chi connectivity index (χ0n) is 11.8. The van der Waals surface area contributed by atoms with Crippen LogP contribution in [-0.4, -0.2) is 26.2 Å². The van der Waals surface area contributed by atoms with Gasteiger partial charge in [-0.2, -0.15) is 0 Å². The van der Waals surface area contributed by atoms with E-state index < -0.39 is 0 Å². The van der Waals surface area contributed by atoms with Gasteiger partial charge in [-0.25, -0.2) is 0 Å². The molecule has 0 amide bonds. The molecule has 0 aliphatic heterocycles. The van der Waals surface area contributed by atoms with Crippen molar-refractivity contribution in [1.82, 2.24) is 5.32 Å². The fourth-order valence-corrected chi connectivity index (χ4v) is 1.75. The number of ether oxygens (including phenoxy) is 1. The fourth-order valence-electron chi connectivity index (χ4n) is 1.75. The maximum absolute atomic E-state index is 10.8. The first-order chi connectivity index (χ1) is 8.16. The van der Waals surface area contributed by atoms with Crippen LogP contribution in [0.3, 0.4) is 0 Å². The molecule has 0 saturated heterocycles. The summed E-state index contributed by atoms with van der Waals surface area (Å²) < 4.78 is 4.56. The summed E-state index contributed by atoms with van der Waals surface area (Å²) in [7, 11) is 1.43. The summed E-state index contributed by atoms with van der Waals surface area (Å²) in [5.74, 6) is 0.709. The minimum atomic E-state index is -0.133. The van der Waals surface area contributed by atoms with E-state index in [-0.39, 0.29) is 5.97 Å². The van der Waals surface area contributed by atoms with Crippen LogP contribution in [0.4, 0.5) is 0 Å². The van der Waals surface area contributed by atoms with Crippen molar-refractivity contribution in [3.8, 4) is 0 Å². The minimum absolute atomic E-state index is 0.133. The Balaban J connectivity index is 3.01. The van der Waals surface area contributed by atoms with E-state index in [1.54, 1.807) is 0 Å². The van der Waals surface area contributed by atoms with Crippen molar-refractivity contribution in [3.05, 3.63) is 0 Å². The average molecular weight is 243 g/mol. The van der Waals surface area contributed by atoms with Crippen LogP contribution in [0, 0.1) is 5.92 Å². The second kappa shape index (κ2) is 11.9. The lowest BCUT2D eigenvalue weighted by molar-refractivity contribution is -0.140. The van der Waals surface area contributed by atoms with Gasteiger partial charge in [-0.05, 0) is 18.9 Å². The van der Waals surface area contributed by atoms with Crippen molar-refractivity contribution < 1.29 is 9.53 Å². The summed E-state index contributed by atoms with van der Waals surface area (Å²) in [5, 5.41) is 3.26. The number of rotatable bonds is 11. The Hall–Kier alpha value is -0.570. The maximum Gasteiger partial charge on any atom is 0.306 e. The molecule has 0 aromatic heterocycles. The lowest BCUT2D eigenvalue weighted by atomic mass is 10.0. The first kappa shape index (κ1) is 16.4. The normalized spacial score (nSPS) is 10.8. The zero-order chi connectivity index (χ0) is 12.9. The van der Waals surface area contributed by atoms with E-state index in [1.165, 1.54) is 45.6 Å². The number of carbonyl (C=O) groups is 1. The third-order valence-corrected chi connectivity index (χ3v) is 2.87. The molecule has 0 aliphatic rings. The molecule has 0 atom stereocenters. The van der Waals surface area contributed by atoms with Gasteiger partial charge in [-0.1, -0.05) is 46.0 Å². The van der Waals surface area contributed by atoms with Crippen LogP contribution in [0.25, 0.3) is 0 Å².